The summed E-state index contributed by atoms with van der Waals surface area (Å²) in [5, 5.41) is 8.99. The number of hydrogen-bond acceptors (Lipinski definition) is 2. The molecule has 1 saturated heterocycles. The number of carbonyl (C=O) groups is 1. The summed E-state index contributed by atoms with van der Waals surface area (Å²) in [6.07, 6.45) is 12.2. The van der Waals surface area contributed by atoms with Crippen molar-refractivity contribution in [3.05, 3.63) is 11.6 Å². The molecule has 0 amide bonds. The van der Waals surface area contributed by atoms with Crippen LogP contribution in [-0.4, -0.2) is 34.6 Å². The van der Waals surface area contributed by atoms with Crippen LogP contribution in [0.3, 0.4) is 0 Å². The van der Waals surface area contributed by atoms with Gasteiger partial charge in [-0.3, -0.25) is 4.90 Å². The highest BCUT2D eigenvalue weighted by molar-refractivity contribution is 5.80. The van der Waals surface area contributed by atoms with Gasteiger partial charge in [0.15, 0.2) is 0 Å². The molecule has 0 aromatic carbocycles. The Kier molecular flexibility index (Phi) is 2.95. The minimum atomic E-state index is -0.771. The van der Waals surface area contributed by atoms with Gasteiger partial charge in [-0.15, -0.1) is 0 Å². The van der Waals surface area contributed by atoms with Crippen LogP contribution in [-0.2, 0) is 4.79 Å². The fraction of sp³-hybridized carbons (Fsp3) is 0.824. The standard InChI is InChI=1S/C17H25NO2/c19-16(20)7-12-2-1-3-18(11-12)17-8-13-4-14(9-17)6-15(5-13)10-17/h7,13-15H,1-6,8-11H2,(H,19,20)/b12-7+. The molecule has 0 unspecified atom stereocenters. The van der Waals surface area contributed by atoms with Gasteiger partial charge in [0.1, 0.15) is 0 Å². The van der Waals surface area contributed by atoms with Crippen LogP contribution < -0.4 is 0 Å². The van der Waals surface area contributed by atoms with Gasteiger partial charge in [-0.05, 0) is 81.2 Å². The SMILES string of the molecule is O=C(O)/C=C1\CCCN(C23CC4CC(CC(C4)C2)C3)C1. The van der Waals surface area contributed by atoms with Gasteiger partial charge in [0.05, 0.1) is 0 Å². The molecule has 0 spiro atoms. The molecule has 0 atom stereocenters. The van der Waals surface area contributed by atoms with Crippen LogP contribution in [0.15, 0.2) is 11.6 Å². The minimum absolute atomic E-state index is 0.437. The molecule has 0 aromatic rings. The monoisotopic (exact) mass is 275 g/mol. The highest BCUT2D eigenvalue weighted by Gasteiger charge is 2.53. The van der Waals surface area contributed by atoms with Crippen LogP contribution in [0.1, 0.15) is 51.4 Å². The Hall–Kier alpha value is -0.830. The van der Waals surface area contributed by atoms with Crippen LogP contribution in [0.4, 0.5) is 0 Å². The van der Waals surface area contributed by atoms with Gasteiger partial charge in [-0.25, -0.2) is 4.79 Å². The maximum atomic E-state index is 10.9. The number of nitrogens with zero attached hydrogens (tertiary/aromatic N) is 1. The van der Waals surface area contributed by atoms with E-state index in [4.69, 9.17) is 5.11 Å². The first-order valence-corrected chi connectivity index (χ1v) is 8.30. The van der Waals surface area contributed by atoms with E-state index < -0.39 is 5.97 Å². The number of hydrogen-bond donors (Lipinski definition) is 1. The molecule has 110 valence electrons. The molecule has 20 heavy (non-hydrogen) atoms. The number of aliphatic carboxylic acids is 1. The fourth-order valence-electron chi connectivity index (χ4n) is 6.05. The van der Waals surface area contributed by atoms with Crippen LogP contribution >= 0.6 is 0 Å². The maximum Gasteiger partial charge on any atom is 0.328 e. The Morgan fingerprint density at radius 3 is 2.30 bits per heavy atom. The van der Waals surface area contributed by atoms with Gasteiger partial charge < -0.3 is 5.11 Å². The second-order valence-electron chi connectivity index (χ2n) is 7.81. The lowest BCUT2D eigenvalue weighted by atomic mass is 9.52. The van der Waals surface area contributed by atoms with Crippen LogP contribution in [0.2, 0.25) is 0 Å². The van der Waals surface area contributed by atoms with E-state index >= 15 is 0 Å². The zero-order valence-corrected chi connectivity index (χ0v) is 12.2. The molecule has 5 rings (SSSR count). The van der Waals surface area contributed by atoms with E-state index in [2.05, 4.69) is 4.90 Å². The van der Waals surface area contributed by atoms with E-state index in [-0.39, 0.29) is 0 Å². The maximum absolute atomic E-state index is 10.9. The van der Waals surface area contributed by atoms with E-state index in [0.717, 1.165) is 42.7 Å². The summed E-state index contributed by atoms with van der Waals surface area (Å²) in [5.74, 6) is 2.13. The summed E-state index contributed by atoms with van der Waals surface area (Å²) in [4.78, 5) is 13.6. The molecule has 0 radical (unpaired) electrons. The normalized spacial score (nSPS) is 46.0. The molecule has 1 heterocycles. The van der Waals surface area contributed by atoms with Gasteiger partial charge in [0, 0.05) is 18.2 Å². The lowest BCUT2D eigenvalue weighted by Gasteiger charge is -2.61. The number of piperidine rings is 1. The van der Waals surface area contributed by atoms with Crippen LogP contribution in [0.25, 0.3) is 0 Å². The molecule has 1 aliphatic heterocycles. The number of carboxylic acid groups (broad SMARTS) is 1. The average molecular weight is 275 g/mol. The summed E-state index contributed by atoms with van der Waals surface area (Å²) in [7, 11) is 0. The Morgan fingerprint density at radius 2 is 1.75 bits per heavy atom. The van der Waals surface area contributed by atoms with Crippen molar-refractivity contribution in [2.75, 3.05) is 13.1 Å². The Bertz CT molecular complexity index is 419. The van der Waals surface area contributed by atoms with E-state index in [1.165, 1.54) is 51.1 Å². The van der Waals surface area contributed by atoms with Crippen molar-refractivity contribution < 1.29 is 9.90 Å². The summed E-state index contributed by atoms with van der Waals surface area (Å²) in [6.45, 7) is 2.10. The largest absolute Gasteiger partial charge is 0.478 e. The summed E-state index contributed by atoms with van der Waals surface area (Å²) in [6, 6.07) is 0. The van der Waals surface area contributed by atoms with Gasteiger partial charge in [0.2, 0.25) is 0 Å². The molecule has 0 aromatic heterocycles. The molecule has 3 nitrogen and oxygen atoms in total. The van der Waals surface area contributed by atoms with Gasteiger partial charge in [0.25, 0.3) is 0 Å². The number of likely N-dealkylation sites (tertiary alicyclic amines) is 1. The molecular formula is C17H25NO2. The van der Waals surface area contributed by atoms with Crippen molar-refractivity contribution in [3.8, 4) is 0 Å². The summed E-state index contributed by atoms with van der Waals surface area (Å²) in [5.41, 5.74) is 1.58. The van der Waals surface area contributed by atoms with Crippen molar-refractivity contribution in [2.24, 2.45) is 17.8 Å². The highest BCUT2D eigenvalue weighted by atomic mass is 16.4. The Morgan fingerprint density at radius 1 is 1.15 bits per heavy atom. The van der Waals surface area contributed by atoms with Crippen molar-refractivity contribution in [2.45, 2.75) is 56.9 Å². The van der Waals surface area contributed by atoms with Gasteiger partial charge in [-0.2, -0.15) is 0 Å². The van der Waals surface area contributed by atoms with Crippen molar-refractivity contribution in [1.29, 1.82) is 0 Å². The van der Waals surface area contributed by atoms with Crippen molar-refractivity contribution in [1.82, 2.24) is 4.90 Å². The molecular weight excluding hydrogens is 250 g/mol. The van der Waals surface area contributed by atoms with Crippen LogP contribution in [0, 0.1) is 17.8 Å². The third-order valence-electron chi connectivity index (χ3n) is 6.32. The van der Waals surface area contributed by atoms with E-state index in [1.807, 2.05) is 0 Å². The second-order valence-corrected chi connectivity index (χ2v) is 7.81. The van der Waals surface area contributed by atoms with Gasteiger partial charge in [-0.1, -0.05) is 0 Å². The second kappa shape index (κ2) is 4.59. The van der Waals surface area contributed by atoms with Crippen molar-refractivity contribution >= 4 is 5.97 Å². The highest BCUT2D eigenvalue weighted by Crippen LogP contribution is 2.58. The number of carboxylic acids is 1. The molecule has 4 aliphatic carbocycles. The molecule has 5 aliphatic rings. The first-order chi connectivity index (χ1) is 9.63. The molecule has 4 bridgehead atoms. The lowest BCUT2D eigenvalue weighted by molar-refractivity contribution is -0.131. The zero-order valence-electron chi connectivity index (χ0n) is 12.2. The average Bonchev–Trinajstić information content (AvgIpc) is 2.36. The smallest absolute Gasteiger partial charge is 0.328 e. The third-order valence-corrected chi connectivity index (χ3v) is 6.32. The van der Waals surface area contributed by atoms with Crippen molar-refractivity contribution in [3.63, 3.8) is 0 Å². The summed E-state index contributed by atoms with van der Waals surface area (Å²) >= 11 is 0. The first kappa shape index (κ1) is 12.9. The fourth-order valence-corrected chi connectivity index (χ4v) is 6.05. The zero-order chi connectivity index (χ0) is 13.7. The molecule has 4 saturated carbocycles. The predicted molar refractivity (Wildman–Crippen MR) is 77.4 cm³/mol. The topological polar surface area (TPSA) is 40.5 Å². The first-order valence-electron chi connectivity index (χ1n) is 8.30. The van der Waals surface area contributed by atoms with E-state index in [1.54, 1.807) is 0 Å². The molecule has 5 fully saturated rings. The minimum Gasteiger partial charge on any atom is -0.478 e. The quantitative estimate of drug-likeness (QED) is 0.787. The molecule has 1 N–H and O–H groups in total. The summed E-state index contributed by atoms with van der Waals surface area (Å²) < 4.78 is 0. The Balaban J connectivity index is 1.56. The molecule has 3 heteroatoms. The van der Waals surface area contributed by atoms with Gasteiger partial charge >= 0.3 is 5.97 Å². The van der Waals surface area contributed by atoms with E-state index in [9.17, 15) is 4.79 Å². The predicted octanol–water partition coefficient (Wildman–Crippen LogP) is 3.06. The lowest BCUT2D eigenvalue weighted by Crippen LogP contribution is -2.61. The number of rotatable bonds is 2. The van der Waals surface area contributed by atoms with Crippen LogP contribution in [0.5, 0.6) is 0 Å². The third kappa shape index (κ3) is 2.11. The Labute approximate surface area is 121 Å². The van der Waals surface area contributed by atoms with E-state index in [0.29, 0.717) is 5.54 Å².